The summed E-state index contributed by atoms with van der Waals surface area (Å²) in [6.07, 6.45) is 4.85. The van der Waals surface area contributed by atoms with Gasteiger partial charge in [-0.2, -0.15) is 0 Å². The fraction of sp³-hybridized carbons (Fsp3) is 1.00. The van der Waals surface area contributed by atoms with Crippen LogP contribution >= 0.6 is 0 Å². The van der Waals surface area contributed by atoms with Crippen LogP contribution in [0.15, 0.2) is 0 Å². The summed E-state index contributed by atoms with van der Waals surface area (Å²) in [5.41, 5.74) is 6.04. The zero-order valence-corrected chi connectivity index (χ0v) is 8.44. The molecule has 1 unspecified atom stereocenters. The SMILES string of the molecule is CC1(CNC2(CN)CC2)CCCO1. The van der Waals surface area contributed by atoms with Crippen molar-refractivity contribution in [1.82, 2.24) is 5.32 Å². The number of nitrogens with two attached hydrogens (primary N) is 1. The lowest BCUT2D eigenvalue weighted by Gasteiger charge is -2.26. The number of hydrogen-bond donors (Lipinski definition) is 2. The van der Waals surface area contributed by atoms with Crippen molar-refractivity contribution in [3.05, 3.63) is 0 Å². The summed E-state index contributed by atoms with van der Waals surface area (Å²) in [4.78, 5) is 0. The van der Waals surface area contributed by atoms with Gasteiger partial charge >= 0.3 is 0 Å². The molecule has 1 saturated heterocycles. The van der Waals surface area contributed by atoms with Crippen LogP contribution in [0.4, 0.5) is 0 Å². The molecule has 3 nitrogen and oxygen atoms in total. The second-order valence-electron chi connectivity index (χ2n) is 4.74. The Balaban J connectivity index is 1.78. The lowest BCUT2D eigenvalue weighted by Crippen LogP contribution is -2.46. The van der Waals surface area contributed by atoms with E-state index in [-0.39, 0.29) is 11.1 Å². The Kier molecular flexibility index (Phi) is 2.34. The molecule has 0 amide bonds. The van der Waals surface area contributed by atoms with Crippen LogP contribution < -0.4 is 11.1 Å². The van der Waals surface area contributed by atoms with Gasteiger partial charge in [-0.15, -0.1) is 0 Å². The van der Waals surface area contributed by atoms with E-state index in [1.807, 2.05) is 0 Å². The zero-order chi connectivity index (χ0) is 9.36. The maximum atomic E-state index is 5.70. The summed E-state index contributed by atoms with van der Waals surface area (Å²) in [6, 6.07) is 0. The first-order valence-corrected chi connectivity index (χ1v) is 5.27. The molecule has 0 aromatic rings. The normalized spacial score (nSPS) is 36.5. The van der Waals surface area contributed by atoms with E-state index in [0.29, 0.717) is 0 Å². The maximum Gasteiger partial charge on any atom is 0.0779 e. The predicted molar refractivity (Wildman–Crippen MR) is 52.6 cm³/mol. The van der Waals surface area contributed by atoms with Crippen molar-refractivity contribution in [2.75, 3.05) is 19.7 Å². The first kappa shape index (κ1) is 9.44. The summed E-state index contributed by atoms with van der Waals surface area (Å²) in [7, 11) is 0. The van der Waals surface area contributed by atoms with E-state index in [0.717, 1.165) is 19.7 Å². The molecular weight excluding hydrogens is 164 g/mol. The van der Waals surface area contributed by atoms with E-state index in [9.17, 15) is 0 Å². The third-order valence-corrected chi connectivity index (χ3v) is 3.38. The minimum Gasteiger partial charge on any atom is -0.374 e. The van der Waals surface area contributed by atoms with Crippen molar-refractivity contribution < 1.29 is 4.74 Å². The van der Waals surface area contributed by atoms with Gasteiger partial charge < -0.3 is 15.8 Å². The van der Waals surface area contributed by atoms with Crippen LogP contribution in [0, 0.1) is 0 Å². The molecule has 0 radical (unpaired) electrons. The molecule has 1 heterocycles. The van der Waals surface area contributed by atoms with Crippen molar-refractivity contribution in [3.63, 3.8) is 0 Å². The highest BCUT2D eigenvalue weighted by molar-refractivity contribution is 5.04. The lowest BCUT2D eigenvalue weighted by atomic mass is 10.0. The third-order valence-electron chi connectivity index (χ3n) is 3.38. The molecule has 0 spiro atoms. The van der Waals surface area contributed by atoms with Gasteiger partial charge in [-0.3, -0.25) is 0 Å². The van der Waals surface area contributed by atoms with Gasteiger partial charge in [0.25, 0.3) is 0 Å². The van der Waals surface area contributed by atoms with Crippen LogP contribution in [-0.4, -0.2) is 30.8 Å². The van der Waals surface area contributed by atoms with Crippen LogP contribution in [0.25, 0.3) is 0 Å². The summed E-state index contributed by atoms with van der Waals surface area (Å²) in [5.74, 6) is 0. The number of rotatable bonds is 4. The van der Waals surface area contributed by atoms with Crippen molar-refractivity contribution in [2.24, 2.45) is 5.73 Å². The summed E-state index contributed by atoms with van der Waals surface area (Å²) >= 11 is 0. The van der Waals surface area contributed by atoms with Gasteiger partial charge in [0.15, 0.2) is 0 Å². The summed E-state index contributed by atoms with van der Waals surface area (Å²) in [5, 5.41) is 3.55. The molecule has 2 fully saturated rings. The highest BCUT2D eigenvalue weighted by Gasteiger charge is 2.42. The Labute approximate surface area is 80.0 Å². The predicted octanol–water partition coefficient (Wildman–Crippen LogP) is 0.636. The van der Waals surface area contributed by atoms with E-state index in [4.69, 9.17) is 10.5 Å². The van der Waals surface area contributed by atoms with Crippen LogP contribution in [0.1, 0.15) is 32.6 Å². The zero-order valence-electron chi connectivity index (χ0n) is 8.44. The van der Waals surface area contributed by atoms with Crippen molar-refractivity contribution >= 4 is 0 Å². The molecule has 1 saturated carbocycles. The Morgan fingerprint density at radius 3 is 2.62 bits per heavy atom. The molecule has 1 aliphatic heterocycles. The molecular formula is C10H20N2O. The Morgan fingerprint density at radius 1 is 1.38 bits per heavy atom. The minimum absolute atomic E-state index is 0.0742. The monoisotopic (exact) mass is 184 g/mol. The highest BCUT2D eigenvalue weighted by atomic mass is 16.5. The van der Waals surface area contributed by atoms with E-state index in [2.05, 4.69) is 12.2 Å². The molecule has 76 valence electrons. The van der Waals surface area contributed by atoms with Gasteiger partial charge in [0.05, 0.1) is 5.60 Å². The molecule has 3 heteroatoms. The third kappa shape index (κ3) is 2.03. The van der Waals surface area contributed by atoms with Crippen molar-refractivity contribution in [2.45, 2.75) is 43.7 Å². The van der Waals surface area contributed by atoms with Gasteiger partial charge in [-0.05, 0) is 32.6 Å². The Bertz CT molecular complexity index is 183. The van der Waals surface area contributed by atoms with Crippen molar-refractivity contribution in [3.8, 4) is 0 Å². The van der Waals surface area contributed by atoms with Gasteiger partial charge in [0, 0.05) is 25.2 Å². The molecule has 13 heavy (non-hydrogen) atoms. The number of ether oxygens (including phenoxy) is 1. The van der Waals surface area contributed by atoms with Crippen molar-refractivity contribution in [1.29, 1.82) is 0 Å². The Morgan fingerprint density at radius 2 is 2.15 bits per heavy atom. The van der Waals surface area contributed by atoms with E-state index in [1.54, 1.807) is 0 Å². The molecule has 0 aromatic carbocycles. The molecule has 1 atom stereocenters. The van der Waals surface area contributed by atoms with Gasteiger partial charge in [0.1, 0.15) is 0 Å². The molecule has 1 aliphatic carbocycles. The largest absolute Gasteiger partial charge is 0.374 e. The topological polar surface area (TPSA) is 47.3 Å². The minimum atomic E-state index is 0.0742. The van der Waals surface area contributed by atoms with Crippen LogP contribution in [0.5, 0.6) is 0 Å². The fourth-order valence-electron chi connectivity index (χ4n) is 1.95. The van der Waals surface area contributed by atoms with Crippen LogP contribution in [-0.2, 0) is 4.74 Å². The summed E-state index contributed by atoms with van der Waals surface area (Å²) in [6.45, 7) is 4.85. The first-order chi connectivity index (χ1) is 6.18. The smallest absolute Gasteiger partial charge is 0.0779 e. The van der Waals surface area contributed by atoms with Gasteiger partial charge in [-0.1, -0.05) is 0 Å². The Hall–Kier alpha value is -0.120. The van der Waals surface area contributed by atoms with E-state index >= 15 is 0 Å². The van der Waals surface area contributed by atoms with E-state index < -0.39 is 0 Å². The summed E-state index contributed by atoms with van der Waals surface area (Å²) < 4.78 is 5.70. The van der Waals surface area contributed by atoms with Crippen LogP contribution in [0.2, 0.25) is 0 Å². The molecule has 2 rings (SSSR count). The molecule has 2 aliphatic rings. The average Bonchev–Trinajstić information content (AvgIpc) is 2.81. The van der Waals surface area contributed by atoms with Gasteiger partial charge in [0.2, 0.25) is 0 Å². The first-order valence-electron chi connectivity index (χ1n) is 5.27. The average molecular weight is 184 g/mol. The highest BCUT2D eigenvalue weighted by Crippen LogP contribution is 2.35. The molecule has 3 N–H and O–H groups in total. The number of nitrogens with one attached hydrogen (secondary N) is 1. The standard InChI is InChI=1S/C10H20N2O/c1-9(3-2-6-13-9)8-12-10(7-11)4-5-10/h12H,2-8,11H2,1H3. The van der Waals surface area contributed by atoms with Crippen LogP contribution in [0.3, 0.4) is 0 Å². The molecule has 0 bridgehead atoms. The maximum absolute atomic E-state index is 5.70. The van der Waals surface area contributed by atoms with E-state index in [1.165, 1.54) is 25.7 Å². The molecule has 0 aromatic heterocycles. The fourth-order valence-corrected chi connectivity index (χ4v) is 1.95. The number of hydrogen-bond acceptors (Lipinski definition) is 3. The van der Waals surface area contributed by atoms with Gasteiger partial charge in [-0.25, -0.2) is 0 Å². The lowest BCUT2D eigenvalue weighted by molar-refractivity contribution is 0.0182. The second kappa shape index (κ2) is 3.23. The quantitative estimate of drug-likeness (QED) is 0.674. The second-order valence-corrected chi connectivity index (χ2v) is 4.74.